The van der Waals surface area contributed by atoms with Crippen LogP contribution in [0, 0.1) is 0 Å². The van der Waals surface area contributed by atoms with Gasteiger partial charge >= 0.3 is 0 Å². The molecule has 1 amide bonds. The normalized spacial score (nSPS) is 30.9. The van der Waals surface area contributed by atoms with Gasteiger partial charge in [0.15, 0.2) is 0 Å². The van der Waals surface area contributed by atoms with Crippen LogP contribution in [0.2, 0.25) is 0 Å². The summed E-state index contributed by atoms with van der Waals surface area (Å²) in [5.41, 5.74) is 4.98. The molecule has 0 radical (unpaired) electrons. The molecule has 0 aromatic carbocycles. The predicted octanol–water partition coefficient (Wildman–Crippen LogP) is 0.399. The third kappa shape index (κ3) is 3.32. The Morgan fingerprint density at radius 3 is 2.70 bits per heavy atom. The number of nitrogens with one attached hydrogen (secondary N) is 1. The van der Waals surface area contributed by atoms with Gasteiger partial charge in [-0.2, -0.15) is 0 Å². The molecule has 2 heterocycles. The summed E-state index contributed by atoms with van der Waals surface area (Å²) in [4.78, 5) is 16.7. The van der Waals surface area contributed by atoms with E-state index in [1.54, 1.807) is 0 Å². The number of carbonyl (C=O) groups is 1. The Bertz CT molecular complexity index is 349. The van der Waals surface area contributed by atoms with E-state index >= 15 is 0 Å². The van der Waals surface area contributed by atoms with E-state index < -0.39 is 5.54 Å². The van der Waals surface area contributed by atoms with Crippen LogP contribution in [0.4, 0.5) is 0 Å². The largest absolute Gasteiger partial charge is 0.368 e. The lowest BCUT2D eigenvalue weighted by Crippen LogP contribution is -2.54. The summed E-state index contributed by atoms with van der Waals surface area (Å²) >= 11 is 0. The van der Waals surface area contributed by atoms with Crippen molar-refractivity contribution < 1.29 is 4.79 Å². The summed E-state index contributed by atoms with van der Waals surface area (Å²) in [5.74, 6) is -0.243. The van der Waals surface area contributed by atoms with Gasteiger partial charge in [-0.1, -0.05) is 6.92 Å². The number of primary amides is 1. The van der Waals surface area contributed by atoms with Gasteiger partial charge in [-0.25, -0.2) is 0 Å². The van der Waals surface area contributed by atoms with Gasteiger partial charge in [0.25, 0.3) is 0 Å². The molecular weight excluding hydrogens is 252 g/mol. The first-order valence-corrected chi connectivity index (χ1v) is 7.95. The van der Waals surface area contributed by atoms with Crippen molar-refractivity contribution in [3.8, 4) is 0 Å². The quantitative estimate of drug-likeness (QED) is 0.740. The van der Waals surface area contributed by atoms with Crippen molar-refractivity contribution >= 4 is 5.91 Å². The van der Waals surface area contributed by atoms with Crippen LogP contribution in [0.15, 0.2) is 0 Å². The van der Waals surface area contributed by atoms with Gasteiger partial charge in [0.05, 0.1) is 5.54 Å². The van der Waals surface area contributed by atoms with Crippen molar-refractivity contribution in [2.24, 2.45) is 5.73 Å². The first-order valence-electron chi connectivity index (χ1n) is 7.95. The Labute approximate surface area is 122 Å². The lowest BCUT2D eigenvalue weighted by atomic mass is 9.96. The first-order chi connectivity index (χ1) is 9.46. The summed E-state index contributed by atoms with van der Waals surface area (Å²) < 4.78 is 0. The number of nitrogens with two attached hydrogens (primary N) is 1. The molecule has 20 heavy (non-hydrogen) atoms. The first kappa shape index (κ1) is 15.7. The number of carbonyl (C=O) groups excluding carboxylic acids is 1. The Balaban J connectivity index is 1.89. The summed E-state index contributed by atoms with van der Waals surface area (Å²) in [6, 6.07) is 1.46. The predicted molar refractivity (Wildman–Crippen MR) is 81.5 cm³/mol. The molecule has 2 aliphatic heterocycles. The zero-order valence-electron chi connectivity index (χ0n) is 13.2. The Morgan fingerprint density at radius 2 is 2.05 bits per heavy atom. The fraction of sp³-hybridized carbons (Fsp3) is 0.933. The number of likely N-dealkylation sites (tertiary alicyclic amines) is 1. The summed E-state index contributed by atoms with van der Waals surface area (Å²) in [7, 11) is 2.26. The Hall–Kier alpha value is -0.650. The number of likely N-dealkylation sites (N-methyl/N-ethyl adjacent to an activating group) is 2. The molecule has 116 valence electrons. The van der Waals surface area contributed by atoms with E-state index in [2.05, 4.69) is 22.2 Å². The summed E-state index contributed by atoms with van der Waals surface area (Å²) in [6.07, 6.45) is 4.71. The van der Waals surface area contributed by atoms with Crippen molar-refractivity contribution in [2.45, 2.75) is 57.2 Å². The van der Waals surface area contributed by atoms with E-state index in [1.807, 2.05) is 13.8 Å². The van der Waals surface area contributed by atoms with E-state index in [9.17, 15) is 4.79 Å². The number of hydrogen-bond acceptors (Lipinski definition) is 4. The van der Waals surface area contributed by atoms with Crippen LogP contribution >= 0.6 is 0 Å². The van der Waals surface area contributed by atoms with Gasteiger partial charge in [0.1, 0.15) is 0 Å². The van der Waals surface area contributed by atoms with Gasteiger partial charge in [0, 0.05) is 25.2 Å². The second kappa shape index (κ2) is 6.41. The SMILES string of the molecule is CCNC(C)(CCN1CCC2CCC(C1)N2C)C(N)=O. The topological polar surface area (TPSA) is 61.6 Å². The molecule has 2 rings (SSSR count). The highest BCUT2D eigenvalue weighted by molar-refractivity contribution is 5.84. The highest BCUT2D eigenvalue weighted by atomic mass is 16.1. The standard InChI is InChI=1S/C15H30N4O/c1-4-17-15(2,14(16)20)8-10-19-9-7-12-5-6-13(11-19)18(12)3/h12-13,17H,4-11H2,1-3H3,(H2,16,20). The third-order valence-corrected chi connectivity index (χ3v) is 5.27. The molecule has 5 nitrogen and oxygen atoms in total. The monoisotopic (exact) mass is 282 g/mol. The van der Waals surface area contributed by atoms with Crippen molar-refractivity contribution in [1.29, 1.82) is 0 Å². The van der Waals surface area contributed by atoms with E-state index in [0.29, 0.717) is 6.04 Å². The number of fused-ring (bicyclic) bond motifs is 2. The lowest BCUT2D eigenvalue weighted by Gasteiger charge is -2.31. The highest BCUT2D eigenvalue weighted by Crippen LogP contribution is 2.28. The molecular formula is C15H30N4O. The molecule has 0 aromatic heterocycles. The molecule has 3 unspecified atom stereocenters. The molecule has 2 bridgehead atoms. The number of nitrogens with zero attached hydrogens (tertiary/aromatic N) is 2. The zero-order chi connectivity index (χ0) is 14.8. The summed E-state index contributed by atoms with van der Waals surface area (Å²) in [6.45, 7) is 7.94. The molecule has 5 heteroatoms. The van der Waals surface area contributed by atoms with Crippen LogP contribution < -0.4 is 11.1 Å². The molecule has 0 saturated carbocycles. The fourth-order valence-electron chi connectivity index (χ4n) is 3.65. The van der Waals surface area contributed by atoms with Gasteiger partial charge in [-0.05, 0) is 52.7 Å². The average molecular weight is 282 g/mol. The van der Waals surface area contributed by atoms with Gasteiger partial charge in [-0.3, -0.25) is 9.69 Å². The van der Waals surface area contributed by atoms with Crippen molar-refractivity contribution in [2.75, 3.05) is 33.2 Å². The zero-order valence-corrected chi connectivity index (χ0v) is 13.2. The van der Waals surface area contributed by atoms with Crippen LogP contribution in [-0.4, -0.2) is 66.6 Å². The Kier molecular flexibility index (Phi) is 5.04. The maximum absolute atomic E-state index is 11.7. The van der Waals surface area contributed by atoms with Crippen LogP contribution in [-0.2, 0) is 4.79 Å². The van der Waals surface area contributed by atoms with Crippen molar-refractivity contribution in [3.05, 3.63) is 0 Å². The minimum atomic E-state index is -0.577. The second-order valence-corrected chi connectivity index (χ2v) is 6.62. The van der Waals surface area contributed by atoms with Crippen molar-refractivity contribution in [1.82, 2.24) is 15.1 Å². The molecule has 0 aliphatic carbocycles. The number of hydrogen-bond donors (Lipinski definition) is 2. The average Bonchev–Trinajstić information content (AvgIpc) is 2.63. The number of rotatable bonds is 6. The van der Waals surface area contributed by atoms with E-state index in [-0.39, 0.29) is 5.91 Å². The maximum Gasteiger partial charge on any atom is 0.237 e. The van der Waals surface area contributed by atoms with Crippen LogP contribution in [0.1, 0.15) is 39.5 Å². The molecule has 2 saturated heterocycles. The van der Waals surface area contributed by atoms with E-state index in [4.69, 9.17) is 5.73 Å². The van der Waals surface area contributed by atoms with Crippen LogP contribution in [0.25, 0.3) is 0 Å². The molecule has 0 spiro atoms. The number of amides is 1. The van der Waals surface area contributed by atoms with Crippen molar-refractivity contribution in [3.63, 3.8) is 0 Å². The smallest absolute Gasteiger partial charge is 0.237 e. The minimum absolute atomic E-state index is 0.243. The molecule has 0 aromatic rings. The molecule has 2 fully saturated rings. The molecule has 2 aliphatic rings. The second-order valence-electron chi connectivity index (χ2n) is 6.62. The van der Waals surface area contributed by atoms with Gasteiger partial charge in [0.2, 0.25) is 5.91 Å². The van der Waals surface area contributed by atoms with Crippen LogP contribution in [0.3, 0.4) is 0 Å². The summed E-state index contributed by atoms with van der Waals surface area (Å²) in [5, 5.41) is 3.24. The van der Waals surface area contributed by atoms with Gasteiger partial charge in [-0.15, -0.1) is 0 Å². The van der Waals surface area contributed by atoms with Gasteiger partial charge < -0.3 is 16.0 Å². The van der Waals surface area contributed by atoms with E-state index in [1.165, 1.54) is 19.3 Å². The highest BCUT2D eigenvalue weighted by Gasteiger charge is 2.36. The Morgan fingerprint density at radius 1 is 1.35 bits per heavy atom. The van der Waals surface area contributed by atoms with E-state index in [0.717, 1.165) is 38.6 Å². The minimum Gasteiger partial charge on any atom is -0.368 e. The molecule has 3 atom stereocenters. The van der Waals surface area contributed by atoms with Crippen LogP contribution in [0.5, 0.6) is 0 Å². The lowest BCUT2D eigenvalue weighted by molar-refractivity contribution is -0.124. The maximum atomic E-state index is 11.7. The fourth-order valence-corrected chi connectivity index (χ4v) is 3.65. The third-order valence-electron chi connectivity index (χ3n) is 5.27. The molecule has 3 N–H and O–H groups in total.